The van der Waals surface area contributed by atoms with Crippen LogP contribution in [0.15, 0.2) is 18.2 Å². The van der Waals surface area contributed by atoms with Crippen LogP contribution in [-0.4, -0.2) is 83.8 Å². The molecule has 2 rings (SSSR count). The molecule has 0 saturated carbocycles. The summed E-state index contributed by atoms with van der Waals surface area (Å²) in [5, 5.41) is 9.20. The summed E-state index contributed by atoms with van der Waals surface area (Å²) in [7, 11) is -1.06. The molecule has 1 fully saturated rings. The van der Waals surface area contributed by atoms with Crippen LogP contribution in [0.3, 0.4) is 0 Å². The van der Waals surface area contributed by atoms with E-state index in [4.69, 9.17) is 23.7 Å². The minimum atomic E-state index is -4.17. The predicted octanol–water partition coefficient (Wildman–Crippen LogP) is 2.57. The molecule has 1 aromatic carbocycles. The van der Waals surface area contributed by atoms with Crippen molar-refractivity contribution in [3.8, 4) is 11.5 Å². The third-order valence-corrected chi connectivity index (χ3v) is 6.73. The minimum absolute atomic E-state index is 0.0132. The largest absolute Gasteiger partial charge is 0.491 e. The van der Waals surface area contributed by atoms with Crippen LogP contribution in [0.1, 0.15) is 44.3 Å². The Morgan fingerprint density at radius 1 is 1.29 bits per heavy atom. The molecule has 1 heterocycles. The van der Waals surface area contributed by atoms with Crippen molar-refractivity contribution in [3.63, 3.8) is 0 Å². The predicted molar refractivity (Wildman–Crippen MR) is 125 cm³/mol. The topological polar surface area (TPSA) is 133 Å². The molecule has 2 atom stereocenters. The summed E-state index contributed by atoms with van der Waals surface area (Å²) >= 11 is 0. The Bertz CT molecular complexity index is 860. The molecule has 1 amide bonds. The number of benzene rings is 1. The van der Waals surface area contributed by atoms with E-state index in [0.29, 0.717) is 48.7 Å². The van der Waals surface area contributed by atoms with Crippen molar-refractivity contribution in [1.82, 2.24) is 9.03 Å². The van der Waals surface area contributed by atoms with Gasteiger partial charge in [0.2, 0.25) is 0 Å². The second-order valence-electron chi connectivity index (χ2n) is 7.75. The Kier molecular flexibility index (Phi) is 11.8. The van der Waals surface area contributed by atoms with E-state index < -0.39 is 22.4 Å². The molecule has 1 aliphatic heterocycles. The minimum Gasteiger partial charge on any atom is -0.491 e. The van der Waals surface area contributed by atoms with Crippen molar-refractivity contribution in [3.05, 3.63) is 23.8 Å². The zero-order valence-corrected chi connectivity index (χ0v) is 20.8. The lowest BCUT2D eigenvalue weighted by molar-refractivity contribution is 0.0626. The van der Waals surface area contributed by atoms with Gasteiger partial charge in [0.15, 0.2) is 0 Å². The van der Waals surface area contributed by atoms with Crippen LogP contribution in [0, 0.1) is 0 Å². The number of hydrogen-bond donors (Lipinski definition) is 2. The molecule has 1 saturated heterocycles. The summed E-state index contributed by atoms with van der Waals surface area (Å²) in [5.74, 6) is 1.16. The van der Waals surface area contributed by atoms with Crippen molar-refractivity contribution in [2.45, 2.75) is 44.8 Å². The quantitative estimate of drug-likeness (QED) is 0.326. The highest BCUT2D eigenvalue weighted by Gasteiger charge is 2.27. The number of nitrogens with one attached hydrogen (secondary N) is 1. The zero-order valence-electron chi connectivity index (χ0n) is 20.0. The van der Waals surface area contributed by atoms with Crippen LogP contribution >= 0.6 is 0 Å². The van der Waals surface area contributed by atoms with Gasteiger partial charge in [-0.25, -0.2) is 4.79 Å². The van der Waals surface area contributed by atoms with Gasteiger partial charge in [0.1, 0.15) is 24.7 Å². The lowest BCUT2D eigenvalue weighted by atomic mass is 10.0. The second-order valence-corrected chi connectivity index (χ2v) is 9.43. The van der Waals surface area contributed by atoms with Gasteiger partial charge >= 0.3 is 16.3 Å². The highest BCUT2D eigenvalue weighted by Crippen LogP contribution is 2.33. The lowest BCUT2D eigenvalue weighted by Gasteiger charge is -2.23. The molecule has 12 heteroatoms. The Labute approximate surface area is 201 Å². The molecular weight excluding hydrogens is 468 g/mol. The average Bonchev–Trinajstić information content (AvgIpc) is 3.33. The number of ether oxygens (including phenoxy) is 5. The van der Waals surface area contributed by atoms with E-state index in [0.717, 1.165) is 18.4 Å². The molecule has 0 radical (unpaired) electrons. The molecular formula is C22H36N2O9S. The van der Waals surface area contributed by atoms with Gasteiger partial charge < -0.3 is 28.8 Å². The Morgan fingerprint density at radius 2 is 2.09 bits per heavy atom. The Hall–Kier alpha value is -2.12. The smallest absolute Gasteiger partial charge is 0.422 e. The van der Waals surface area contributed by atoms with Gasteiger partial charge in [-0.2, -0.15) is 17.4 Å². The summed E-state index contributed by atoms with van der Waals surface area (Å²) in [6.45, 7) is 3.48. The molecule has 0 bridgehead atoms. The maximum Gasteiger partial charge on any atom is 0.422 e. The van der Waals surface area contributed by atoms with E-state index >= 15 is 0 Å². The van der Waals surface area contributed by atoms with Crippen LogP contribution in [0.25, 0.3) is 0 Å². The van der Waals surface area contributed by atoms with Crippen LogP contribution in [0.5, 0.6) is 11.5 Å². The molecule has 1 aliphatic rings. The molecule has 0 spiro atoms. The van der Waals surface area contributed by atoms with Crippen LogP contribution < -0.4 is 14.2 Å². The second kappa shape index (κ2) is 14.3. The van der Waals surface area contributed by atoms with Crippen LogP contribution in [-0.2, 0) is 24.4 Å². The Morgan fingerprint density at radius 3 is 2.71 bits per heavy atom. The molecule has 194 valence electrons. The third-order valence-electron chi connectivity index (χ3n) is 5.24. The first-order chi connectivity index (χ1) is 16.3. The maximum absolute atomic E-state index is 12.4. The fourth-order valence-corrected chi connectivity index (χ4v) is 4.68. The molecule has 0 aromatic heterocycles. The summed E-state index contributed by atoms with van der Waals surface area (Å²) in [4.78, 5) is 11.3. The number of methoxy groups -OCH3 is 2. The molecule has 0 aliphatic carbocycles. The first kappa shape index (κ1) is 28.1. The van der Waals surface area contributed by atoms with Crippen LogP contribution in [0.4, 0.5) is 4.79 Å². The number of rotatable bonds is 16. The summed E-state index contributed by atoms with van der Waals surface area (Å²) in [5.41, 5.74) is 0.724. The van der Waals surface area contributed by atoms with E-state index in [2.05, 4.69) is 4.72 Å². The fraction of sp³-hybridized carbons (Fsp3) is 0.682. The van der Waals surface area contributed by atoms with Gasteiger partial charge in [-0.3, -0.25) is 0 Å². The van der Waals surface area contributed by atoms with E-state index in [-0.39, 0.29) is 25.6 Å². The molecule has 34 heavy (non-hydrogen) atoms. The first-order valence-corrected chi connectivity index (χ1v) is 12.8. The van der Waals surface area contributed by atoms with E-state index in [9.17, 15) is 18.3 Å². The first-order valence-electron chi connectivity index (χ1n) is 11.4. The highest BCUT2D eigenvalue weighted by atomic mass is 32.2. The Balaban J connectivity index is 2.11. The summed E-state index contributed by atoms with van der Waals surface area (Å²) in [6, 6.07) is 5.37. The molecule has 11 nitrogen and oxygen atoms in total. The van der Waals surface area contributed by atoms with Crippen molar-refractivity contribution in [2.75, 3.05) is 53.7 Å². The molecule has 1 aromatic rings. The summed E-state index contributed by atoms with van der Waals surface area (Å²) < 4.78 is 55.5. The molecule has 2 N–H and O–H groups in total. The maximum atomic E-state index is 12.4. The zero-order chi connectivity index (χ0) is 25.0. The molecule has 2 unspecified atom stereocenters. The van der Waals surface area contributed by atoms with Gasteiger partial charge in [-0.1, -0.05) is 6.92 Å². The van der Waals surface area contributed by atoms with Crippen molar-refractivity contribution >= 4 is 16.3 Å². The highest BCUT2D eigenvalue weighted by molar-refractivity contribution is 7.87. The number of carboxylic acid groups (broad SMARTS) is 1. The van der Waals surface area contributed by atoms with Gasteiger partial charge in [-0.05, 0) is 37.8 Å². The van der Waals surface area contributed by atoms with E-state index in [1.54, 1.807) is 26.2 Å². The van der Waals surface area contributed by atoms with Gasteiger partial charge in [0.05, 0.1) is 18.8 Å². The van der Waals surface area contributed by atoms with E-state index in [1.807, 2.05) is 6.07 Å². The van der Waals surface area contributed by atoms with Gasteiger partial charge in [0, 0.05) is 45.5 Å². The SMILES string of the molecule is CCCN(C(=O)O)S(=O)(=O)NCCC(OC)c1ccc(OCCOC)cc1OCC1CCCO1. The fourth-order valence-electron chi connectivity index (χ4n) is 3.52. The van der Waals surface area contributed by atoms with E-state index in [1.165, 1.54) is 7.11 Å². The normalized spacial score (nSPS) is 16.9. The standard InChI is InChI=1S/C22H36N2O9S/c1-4-11-24(22(25)26)34(27,28)23-10-9-20(30-3)19-8-7-17(32-14-13-29-2)15-21(19)33-16-18-6-5-12-31-18/h7-8,15,18,20,23H,4-6,9-14,16H2,1-3H3,(H,25,26). The number of carbonyl (C=O) groups is 1. The van der Waals surface area contributed by atoms with Gasteiger partial charge in [0.25, 0.3) is 0 Å². The monoisotopic (exact) mass is 504 g/mol. The third kappa shape index (κ3) is 8.58. The summed E-state index contributed by atoms with van der Waals surface area (Å²) in [6.07, 6.45) is 0.540. The lowest BCUT2D eigenvalue weighted by Crippen LogP contribution is -2.44. The number of amides is 1. The van der Waals surface area contributed by atoms with Crippen LogP contribution in [0.2, 0.25) is 0 Å². The number of nitrogens with zero attached hydrogens (tertiary/aromatic N) is 1. The average molecular weight is 505 g/mol. The van der Waals surface area contributed by atoms with Crippen molar-refractivity contribution in [2.24, 2.45) is 0 Å². The van der Waals surface area contributed by atoms with Crippen molar-refractivity contribution in [1.29, 1.82) is 0 Å². The van der Waals surface area contributed by atoms with Crippen molar-refractivity contribution < 1.29 is 42.0 Å². The number of hydrogen-bond acceptors (Lipinski definition) is 8. The van der Waals surface area contributed by atoms with Gasteiger partial charge in [-0.15, -0.1) is 0 Å².